The Kier molecular flexibility index (Phi) is 4.30. The van der Waals surface area contributed by atoms with Gasteiger partial charge in [-0.2, -0.15) is 0 Å². The molecule has 0 saturated heterocycles. The van der Waals surface area contributed by atoms with Crippen molar-refractivity contribution >= 4 is 39.4 Å². The average Bonchev–Trinajstić information content (AvgIpc) is 3.51. The third kappa shape index (κ3) is 3.22. The summed E-state index contributed by atoms with van der Waals surface area (Å²) in [4.78, 5) is 25.2. The monoisotopic (exact) mass is 409 g/mol. The van der Waals surface area contributed by atoms with Crippen molar-refractivity contribution in [2.45, 2.75) is 19.3 Å². The van der Waals surface area contributed by atoms with Gasteiger partial charge in [0, 0.05) is 41.7 Å². The second-order valence-corrected chi connectivity index (χ2v) is 7.20. The van der Waals surface area contributed by atoms with Gasteiger partial charge in [0.2, 0.25) is 11.8 Å². The summed E-state index contributed by atoms with van der Waals surface area (Å²) in [6.07, 6.45) is 2.41. The van der Waals surface area contributed by atoms with Crippen molar-refractivity contribution in [2.24, 2.45) is 5.92 Å². The molecule has 5 rings (SSSR count). The van der Waals surface area contributed by atoms with E-state index in [0.29, 0.717) is 28.3 Å². The van der Waals surface area contributed by atoms with Crippen LogP contribution in [0.15, 0.2) is 41.1 Å². The van der Waals surface area contributed by atoms with Crippen LogP contribution in [0.2, 0.25) is 0 Å². The molecule has 3 heterocycles. The van der Waals surface area contributed by atoms with Gasteiger partial charge >= 0.3 is 0 Å². The van der Waals surface area contributed by atoms with Crippen LogP contribution < -0.4 is 10.6 Å². The third-order valence-corrected chi connectivity index (χ3v) is 5.10. The number of hydrogen-bond acceptors (Lipinski definition) is 6. The summed E-state index contributed by atoms with van der Waals surface area (Å²) in [6, 6.07) is 5.85. The van der Waals surface area contributed by atoms with E-state index in [1.807, 2.05) is 0 Å². The molecule has 9 heteroatoms. The van der Waals surface area contributed by atoms with E-state index in [2.05, 4.69) is 25.6 Å². The first kappa shape index (κ1) is 18.4. The van der Waals surface area contributed by atoms with Gasteiger partial charge in [-0.1, -0.05) is 0 Å². The topological polar surface area (TPSA) is 92.9 Å². The standard InChI is InChI=1S/C21H17F2N5O2/c1-24-19-13-8-25-17(28-20(29)10-2-3-10)7-12(13)14(9-26-19)21-27-15-6-11(18(22)23)4-5-16(15)30-21/h4-10,18H,2-3H2,1H3,(H,24,26)(H,25,28,29). The number of amides is 1. The number of nitrogens with one attached hydrogen (secondary N) is 2. The van der Waals surface area contributed by atoms with Crippen molar-refractivity contribution in [3.8, 4) is 11.5 Å². The number of anilines is 2. The number of pyridine rings is 2. The van der Waals surface area contributed by atoms with Crippen LogP contribution in [0.3, 0.4) is 0 Å². The Bertz CT molecular complexity index is 1280. The highest BCUT2D eigenvalue weighted by Crippen LogP contribution is 2.35. The largest absolute Gasteiger partial charge is 0.436 e. The molecule has 2 N–H and O–H groups in total. The molecule has 1 aliphatic carbocycles. The van der Waals surface area contributed by atoms with Crippen molar-refractivity contribution in [3.05, 3.63) is 42.2 Å². The molecular weight excluding hydrogens is 392 g/mol. The van der Waals surface area contributed by atoms with Gasteiger partial charge in [0.25, 0.3) is 6.43 Å². The van der Waals surface area contributed by atoms with Gasteiger partial charge in [-0.3, -0.25) is 4.79 Å². The number of benzene rings is 1. The van der Waals surface area contributed by atoms with Crippen molar-refractivity contribution in [3.63, 3.8) is 0 Å². The Labute approximate surface area is 169 Å². The number of alkyl halides is 2. The second-order valence-electron chi connectivity index (χ2n) is 7.20. The van der Waals surface area contributed by atoms with Crippen molar-refractivity contribution in [1.82, 2.24) is 15.0 Å². The first-order valence-electron chi connectivity index (χ1n) is 9.50. The van der Waals surface area contributed by atoms with E-state index in [4.69, 9.17) is 4.42 Å². The molecule has 1 aliphatic rings. The highest BCUT2D eigenvalue weighted by atomic mass is 19.3. The number of carbonyl (C=O) groups is 1. The summed E-state index contributed by atoms with van der Waals surface area (Å²) in [7, 11) is 1.75. The van der Waals surface area contributed by atoms with Crippen molar-refractivity contribution < 1.29 is 18.0 Å². The Balaban J connectivity index is 1.63. The molecule has 152 valence electrons. The SMILES string of the molecule is CNc1ncc(-c2nc3cc(C(F)F)ccc3o2)c2cc(NC(=O)C3CC3)ncc12. The van der Waals surface area contributed by atoms with Crippen LogP contribution in [0.4, 0.5) is 20.4 Å². The highest BCUT2D eigenvalue weighted by molar-refractivity contribution is 6.03. The van der Waals surface area contributed by atoms with Crippen LogP contribution in [-0.4, -0.2) is 27.9 Å². The molecule has 3 aromatic heterocycles. The van der Waals surface area contributed by atoms with E-state index in [-0.39, 0.29) is 23.3 Å². The quantitative estimate of drug-likeness (QED) is 0.493. The fraction of sp³-hybridized carbons (Fsp3) is 0.238. The van der Waals surface area contributed by atoms with E-state index < -0.39 is 6.43 Å². The van der Waals surface area contributed by atoms with Crippen LogP contribution in [0, 0.1) is 5.92 Å². The minimum absolute atomic E-state index is 0.0484. The molecule has 4 aromatic rings. The maximum Gasteiger partial charge on any atom is 0.263 e. The molecule has 0 bridgehead atoms. The molecule has 0 radical (unpaired) electrons. The predicted molar refractivity (Wildman–Crippen MR) is 108 cm³/mol. The third-order valence-electron chi connectivity index (χ3n) is 5.10. The number of fused-ring (bicyclic) bond motifs is 2. The van der Waals surface area contributed by atoms with Crippen LogP contribution >= 0.6 is 0 Å². The van der Waals surface area contributed by atoms with Crippen molar-refractivity contribution in [1.29, 1.82) is 0 Å². The van der Waals surface area contributed by atoms with Crippen LogP contribution in [0.1, 0.15) is 24.8 Å². The Morgan fingerprint density at radius 1 is 1.17 bits per heavy atom. The summed E-state index contributed by atoms with van der Waals surface area (Å²) in [6.45, 7) is 0. The lowest BCUT2D eigenvalue weighted by Gasteiger charge is -2.10. The first-order chi connectivity index (χ1) is 14.5. The van der Waals surface area contributed by atoms with E-state index in [1.54, 1.807) is 25.5 Å². The normalized spacial score (nSPS) is 13.9. The highest BCUT2D eigenvalue weighted by Gasteiger charge is 2.30. The van der Waals surface area contributed by atoms with Gasteiger partial charge in [-0.05, 0) is 37.1 Å². The van der Waals surface area contributed by atoms with Gasteiger partial charge < -0.3 is 15.1 Å². The lowest BCUT2D eigenvalue weighted by molar-refractivity contribution is -0.117. The molecule has 7 nitrogen and oxygen atoms in total. The lowest BCUT2D eigenvalue weighted by Crippen LogP contribution is -2.14. The molecule has 30 heavy (non-hydrogen) atoms. The van der Waals surface area contributed by atoms with E-state index in [1.165, 1.54) is 18.2 Å². The van der Waals surface area contributed by atoms with Gasteiger partial charge in [-0.25, -0.2) is 23.7 Å². The zero-order chi connectivity index (χ0) is 20.8. The van der Waals surface area contributed by atoms with Crippen LogP contribution in [-0.2, 0) is 4.79 Å². The summed E-state index contributed by atoms with van der Waals surface area (Å²) in [5.74, 6) is 1.28. The molecule has 1 fully saturated rings. The number of halogens is 2. The van der Waals surface area contributed by atoms with E-state index in [9.17, 15) is 13.6 Å². The molecule has 1 aromatic carbocycles. The molecule has 0 atom stereocenters. The first-order valence-corrected chi connectivity index (χ1v) is 9.50. The maximum atomic E-state index is 13.0. The van der Waals surface area contributed by atoms with E-state index >= 15 is 0 Å². The number of oxazole rings is 1. The molecule has 1 saturated carbocycles. The fourth-order valence-electron chi connectivity index (χ4n) is 3.34. The fourth-order valence-corrected chi connectivity index (χ4v) is 3.34. The molecule has 0 unspecified atom stereocenters. The lowest BCUT2D eigenvalue weighted by atomic mass is 10.1. The van der Waals surface area contributed by atoms with Gasteiger partial charge in [0.15, 0.2) is 5.58 Å². The smallest absolute Gasteiger partial charge is 0.263 e. The molecular formula is C21H17F2N5O2. The number of aromatic nitrogens is 3. The summed E-state index contributed by atoms with van der Waals surface area (Å²) in [5, 5.41) is 7.28. The Hall–Kier alpha value is -3.62. The zero-order valence-electron chi connectivity index (χ0n) is 15.9. The Morgan fingerprint density at radius 3 is 2.73 bits per heavy atom. The number of rotatable bonds is 5. The van der Waals surface area contributed by atoms with Gasteiger partial charge in [0.05, 0.1) is 5.56 Å². The second kappa shape index (κ2) is 7.01. The summed E-state index contributed by atoms with van der Waals surface area (Å²) >= 11 is 0. The van der Waals surface area contributed by atoms with Crippen molar-refractivity contribution in [2.75, 3.05) is 17.7 Å². The number of carbonyl (C=O) groups excluding carboxylic acids is 1. The van der Waals surface area contributed by atoms with Gasteiger partial charge in [0.1, 0.15) is 17.2 Å². The van der Waals surface area contributed by atoms with Crippen LogP contribution in [0.25, 0.3) is 33.3 Å². The van der Waals surface area contributed by atoms with E-state index in [0.717, 1.165) is 23.6 Å². The predicted octanol–water partition coefficient (Wildman–Crippen LogP) is 4.77. The minimum Gasteiger partial charge on any atom is -0.436 e. The molecule has 1 amide bonds. The summed E-state index contributed by atoms with van der Waals surface area (Å²) < 4.78 is 31.8. The minimum atomic E-state index is -2.59. The molecule has 0 aliphatic heterocycles. The van der Waals surface area contributed by atoms with Crippen LogP contribution in [0.5, 0.6) is 0 Å². The maximum absolute atomic E-state index is 13.0. The zero-order valence-corrected chi connectivity index (χ0v) is 15.9. The summed E-state index contributed by atoms with van der Waals surface area (Å²) in [5.41, 5.74) is 1.19. The number of hydrogen-bond donors (Lipinski definition) is 2. The average molecular weight is 409 g/mol. The van der Waals surface area contributed by atoms with Gasteiger partial charge in [-0.15, -0.1) is 0 Å². The number of nitrogens with zero attached hydrogens (tertiary/aromatic N) is 3. The molecule has 0 spiro atoms. The Morgan fingerprint density at radius 2 is 2.00 bits per heavy atom.